The Kier molecular flexibility index (Phi) is 6.61. The molecule has 0 aliphatic carbocycles. The average molecular weight is 269 g/mol. The van der Waals surface area contributed by atoms with Gasteiger partial charge in [-0.3, -0.25) is 4.79 Å². The van der Waals surface area contributed by atoms with Crippen molar-refractivity contribution < 1.29 is 28.2 Å². The predicted octanol–water partition coefficient (Wildman–Crippen LogP) is -1.40. The summed E-state index contributed by atoms with van der Waals surface area (Å²) in [5.41, 5.74) is -1.52. The summed E-state index contributed by atoms with van der Waals surface area (Å²) in [5, 5.41) is 18.1. The third kappa shape index (κ3) is 8.08. The van der Waals surface area contributed by atoms with Gasteiger partial charge in [0.25, 0.3) is 0 Å². The van der Waals surface area contributed by atoms with Crippen LogP contribution in [0.4, 0.5) is 0 Å². The van der Waals surface area contributed by atoms with E-state index in [1.54, 1.807) is 6.92 Å². The van der Waals surface area contributed by atoms with Gasteiger partial charge in [-0.1, -0.05) is 0 Å². The third-order valence-electron chi connectivity index (χ3n) is 1.89. The summed E-state index contributed by atoms with van der Waals surface area (Å²) in [6.45, 7) is 2.25. The van der Waals surface area contributed by atoms with Gasteiger partial charge in [0.1, 0.15) is 0 Å². The summed E-state index contributed by atoms with van der Waals surface area (Å²) >= 11 is 0. The first kappa shape index (κ1) is 16.3. The number of hydrogen-bond donors (Lipinski definition) is 3. The molecule has 102 valence electrons. The highest BCUT2D eigenvalue weighted by Gasteiger charge is 2.22. The highest BCUT2D eigenvalue weighted by Crippen LogP contribution is 2.01. The summed E-state index contributed by atoms with van der Waals surface area (Å²) in [6.07, 6.45) is -0.246. The minimum absolute atomic E-state index is 0.200. The number of sulfonamides is 1. The van der Waals surface area contributed by atoms with Crippen LogP contribution in [0.15, 0.2) is 0 Å². The normalized spacial score (nSPS) is 15.3. The molecule has 0 bridgehead atoms. The van der Waals surface area contributed by atoms with Crippen LogP contribution in [0.3, 0.4) is 0 Å². The second-order valence-corrected chi connectivity index (χ2v) is 5.78. The van der Waals surface area contributed by atoms with Gasteiger partial charge in [-0.05, 0) is 13.8 Å². The Morgan fingerprint density at radius 3 is 2.53 bits per heavy atom. The molecule has 8 heteroatoms. The molecule has 0 aromatic heterocycles. The van der Waals surface area contributed by atoms with Crippen molar-refractivity contribution in [3.8, 4) is 0 Å². The summed E-state index contributed by atoms with van der Waals surface area (Å²) in [4.78, 5) is 10.9. The fraction of sp³-hybridized carbons (Fsp3) is 0.889. The van der Waals surface area contributed by atoms with Crippen molar-refractivity contribution in [1.82, 2.24) is 4.72 Å². The maximum Gasteiger partial charge on any atom is 0.306 e. The number of ether oxygens (including phenoxy) is 1. The molecule has 17 heavy (non-hydrogen) atoms. The van der Waals surface area contributed by atoms with Crippen LogP contribution in [0.1, 0.15) is 20.3 Å². The number of aliphatic hydroxyl groups excluding tert-OH is 1. The van der Waals surface area contributed by atoms with E-state index in [0.29, 0.717) is 0 Å². The van der Waals surface area contributed by atoms with Gasteiger partial charge < -0.3 is 14.9 Å². The number of carbonyl (C=O) groups is 1. The zero-order valence-electron chi connectivity index (χ0n) is 9.97. The second kappa shape index (κ2) is 6.90. The molecule has 0 spiro atoms. The smallest absolute Gasteiger partial charge is 0.306 e. The van der Waals surface area contributed by atoms with Gasteiger partial charge in [0.05, 0.1) is 31.0 Å². The maximum absolute atomic E-state index is 11.4. The molecule has 0 aliphatic rings. The number of carbonyl (C=O) groups excluding carboxylic acids is 1. The van der Waals surface area contributed by atoms with Gasteiger partial charge in [-0.2, -0.15) is 0 Å². The Morgan fingerprint density at radius 1 is 1.47 bits per heavy atom. The molecule has 1 atom stereocenters. The number of esters is 1. The first-order valence-electron chi connectivity index (χ1n) is 5.18. The second-order valence-electron chi connectivity index (χ2n) is 3.85. The first-order valence-corrected chi connectivity index (χ1v) is 6.84. The Hall–Kier alpha value is -0.700. The summed E-state index contributed by atoms with van der Waals surface area (Å²) in [7, 11) is -3.66. The van der Waals surface area contributed by atoms with Gasteiger partial charge in [0.2, 0.25) is 10.0 Å². The Balaban J connectivity index is 4.09. The molecule has 0 aromatic carbocycles. The zero-order valence-corrected chi connectivity index (χ0v) is 10.8. The molecule has 0 saturated carbocycles. The van der Waals surface area contributed by atoms with Crippen molar-refractivity contribution in [2.45, 2.75) is 25.9 Å². The molecule has 0 amide bonds. The van der Waals surface area contributed by atoms with Crippen molar-refractivity contribution in [3.05, 3.63) is 0 Å². The van der Waals surface area contributed by atoms with Crippen molar-refractivity contribution in [2.75, 3.05) is 25.5 Å². The molecular weight excluding hydrogens is 250 g/mol. The van der Waals surface area contributed by atoms with Crippen LogP contribution in [0.25, 0.3) is 0 Å². The molecule has 0 radical (unpaired) electrons. The topological polar surface area (TPSA) is 113 Å². The third-order valence-corrected chi connectivity index (χ3v) is 3.22. The molecule has 3 N–H and O–H groups in total. The van der Waals surface area contributed by atoms with E-state index in [9.17, 15) is 18.3 Å². The molecule has 7 nitrogen and oxygen atoms in total. The Morgan fingerprint density at radius 2 is 2.06 bits per heavy atom. The minimum Gasteiger partial charge on any atom is -0.466 e. The van der Waals surface area contributed by atoms with Crippen molar-refractivity contribution >= 4 is 16.0 Å². The van der Waals surface area contributed by atoms with E-state index >= 15 is 0 Å². The number of aliphatic hydroxyl groups is 2. The van der Waals surface area contributed by atoms with E-state index in [2.05, 4.69) is 9.46 Å². The van der Waals surface area contributed by atoms with E-state index in [0.717, 1.165) is 0 Å². The molecular formula is C9H19NO6S. The molecule has 0 fully saturated rings. The van der Waals surface area contributed by atoms with Gasteiger partial charge in [0.15, 0.2) is 0 Å². The van der Waals surface area contributed by atoms with Gasteiger partial charge in [-0.25, -0.2) is 13.1 Å². The highest BCUT2D eigenvalue weighted by atomic mass is 32.2. The van der Waals surface area contributed by atoms with Crippen LogP contribution in [0, 0.1) is 0 Å². The summed E-state index contributed by atoms with van der Waals surface area (Å²) < 4.78 is 29.5. The number of nitrogens with one attached hydrogen (secondary N) is 1. The van der Waals surface area contributed by atoms with E-state index < -0.39 is 34.0 Å². The maximum atomic E-state index is 11.4. The van der Waals surface area contributed by atoms with E-state index in [4.69, 9.17) is 5.11 Å². The molecule has 1 unspecified atom stereocenters. The molecule has 0 heterocycles. The summed E-state index contributed by atoms with van der Waals surface area (Å²) in [6, 6.07) is 0. The van der Waals surface area contributed by atoms with Crippen LogP contribution < -0.4 is 4.72 Å². The van der Waals surface area contributed by atoms with E-state index in [-0.39, 0.29) is 19.6 Å². The van der Waals surface area contributed by atoms with Crippen molar-refractivity contribution in [1.29, 1.82) is 0 Å². The minimum atomic E-state index is -3.66. The lowest BCUT2D eigenvalue weighted by molar-refractivity contribution is -0.142. The first-order chi connectivity index (χ1) is 7.72. The molecule has 0 saturated heterocycles. The fourth-order valence-electron chi connectivity index (χ4n) is 0.844. The Bertz CT molecular complexity index is 337. The lowest BCUT2D eigenvalue weighted by Crippen LogP contribution is -2.44. The standard InChI is InChI=1S/C9H19NO6S/c1-3-16-8(12)4-5-17(14,15)10-6-9(2,13)7-11/h10-11,13H,3-7H2,1-2H3. The van der Waals surface area contributed by atoms with Crippen molar-refractivity contribution in [3.63, 3.8) is 0 Å². The Labute approximate surface area is 101 Å². The van der Waals surface area contributed by atoms with Crippen LogP contribution in [0.2, 0.25) is 0 Å². The van der Waals surface area contributed by atoms with Crippen LogP contribution >= 0.6 is 0 Å². The lowest BCUT2D eigenvalue weighted by Gasteiger charge is -2.20. The fourth-order valence-corrected chi connectivity index (χ4v) is 1.95. The lowest BCUT2D eigenvalue weighted by atomic mass is 10.1. The molecule has 0 aromatic rings. The number of hydrogen-bond acceptors (Lipinski definition) is 6. The largest absolute Gasteiger partial charge is 0.466 e. The van der Waals surface area contributed by atoms with E-state index in [1.165, 1.54) is 6.92 Å². The van der Waals surface area contributed by atoms with Gasteiger partial charge in [-0.15, -0.1) is 0 Å². The predicted molar refractivity (Wildman–Crippen MR) is 60.7 cm³/mol. The molecule has 0 rings (SSSR count). The van der Waals surface area contributed by atoms with Crippen molar-refractivity contribution in [2.24, 2.45) is 0 Å². The molecule has 0 aliphatic heterocycles. The van der Waals surface area contributed by atoms with E-state index in [1.807, 2.05) is 0 Å². The summed E-state index contributed by atoms with van der Waals surface area (Å²) in [5.74, 6) is -1.00. The van der Waals surface area contributed by atoms with Crippen LogP contribution in [-0.2, 0) is 19.6 Å². The zero-order chi connectivity index (χ0) is 13.5. The monoisotopic (exact) mass is 269 g/mol. The quantitative estimate of drug-likeness (QED) is 0.467. The SMILES string of the molecule is CCOC(=O)CCS(=O)(=O)NCC(C)(O)CO. The van der Waals surface area contributed by atoms with Crippen LogP contribution in [0.5, 0.6) is 0 Å². The highest BCUT2D eigenvalue weighted by molar-refractivity contribution is 7.89. The van der Waals surface area contributed by atoms with Gasteiger partial charge in [0, 0.05) is 6.54 Å². The van der Waals surface area contributed by atoms with Crippen LogP contribution in [-0.4, -0.2) is 55.7 Å². The van der Waals surface area contributed by atoms with Gasteiger partial charge >= 0.3 is 5.97 Å². The average Bonchev–Trinajstić information content (AvgIpc) is 2.25. The number of rotatable bonds is 8.